The zero-order valence-electron chi connectivity index (χ0n) is 12.7. The van der Waals surface area contributed by atoms with Crippen LogP contribution < -0.4 is 11.2 Å². The third-order valence-corrected chi connectivity index (χ3v) is 3.56. The molecule has 1 saturated heterocycles. The van der Waals surface area contributed by atoms with Crippen LogP contribution in [0.2, 0.25) is 0 Å². The number of imidazole rings is 1. The van der Waals surface area contributed by atoms with Gasteiger partial charge in [0.25, 0.3) is 0 Å². The smallest absolute Gasteiger partial charge is 0.224 e. The number of nitrogens with two attached hydrogens (primary N) is 1. The number of rotatable bonds is 4. The minimum atomic E-state index is -1.23. The van der Waals surface area contributed by atoms with Gasteiger partial charge in [0.15, 0.2) is 23.2 Å². The Labute approximate surface area is 131 Å². The molecule has 0 aromatic carbocycles. The molecule has 2 aromatic heterocycles. The van der Waals surface area contributed by atoms with Crippen LogP contribution in [-0.4, -0.2) is 78.9 Å². The molecule has 0 unspecified atom stereocenters. The molecule has 1 fully saturated rings. The van der Waals surface area contributed by atoms with Crippen molar-refractivity contribution in [1.82, 2.24) is 24.5 Å². The number of ether oxygens (including phenoxy) is 1. The normalized spacial score (nSPS) is 27.9. The van der Waals surface area contributed by atoms with Crippen LogP contribution in [0.15, 0.2) is 6.33 Å². The Hall–Kier alpha value is -2.05. The minimum Gasteiger partial charge on any atom is -0.394 e. The first kappa shape index (κ1) is 15.8. The monoisotopic (exact) mass is 325 g/mol. The standard InChI is InChI=1S/C12H19N7O4/c1-18(2)17-9-6-10(16-12(13)15-9)19(4-14-6)11-8(22)7(21)5(3-20)23-11/h4-5,7-8,11,20-22H,3H2,1-2H3,(H3,13,15,16,17)/t5-,7-,8-,11-/m1/s1. The fourth-order valence-electron chi connectivity index (χ4n) is 2.52. The predicted molar refractivity (Wildman–Crippen MR) is 80.1 cm³/mol. The Morgan fingerprint density at radius 1 is 1.35 bits per heavy atom. The van der Waals surface area contributed by atoms with Gasteiger partial charge in [-0.2, -0.15) is 9.97 Å². The summed E-state index contributed by atoms with van der Waals surface area (Å²) in [7, 11) is 3.57. The Balaban J connectivity index is 2.04. The lowest BCUT2D eigenvalue weighted by atomic mass is 10.1. The summed E-state index contributed by atoms with van der Waals surface area (Å²) in [6.45, 7) is -0.411. The van der Waals surface area contributed by atoms with Gasteiger partial charge in [-0.05, 0) is 0 Å². The summed E-state index contributed by atoms with van der Waals surface area (Å²) >= 11 is 0. The molecule has 0 saturated carbocycles. The molecule has 3 heterocycles. The summed E-state index contributed by atoms with van der Waals surface area (Å²) in [6.07, 6.45) is -2.84. The first-order valence-corrected chi connectivity index (χ1v) is 6.99. The van der Waals surface area contributed by atoms with Crippen molar-refractivity contribution in [2.24, 2.45) is 0 Å². The van der Waals surface area contributed by atoms with Crippen molar-refractivity contribution >= 4 is 22.9 Å². The van der Waals surface area contributed by atoms with Crippen molar-refractivity contribution in [3.05, 3.63) is 6.33 Å². The molecule has 6 N–H and O–H groups in total. The van der Waals surface area contributed by atoms with Gasteiger partial charge in [-0.15, -0.1) is 0 Å². The lowest BCUT2D eigenvalue weighted by Crippen LogP contribution is -2.33. The lowest BCUT2D eigenvalue weighted by Gasteiger charge is -2.17. The van der Waals surface area contributed by atoms with Gasteiger partial charge in [0.2, 0.25) is 5.95 Å². The third-order valence-electron chi connectivity index (χ3n) is 3.56. The molecule has 2 aromatic rings. The fourth-order valence-corrected chi connectivity index (χ4v) is 2.52. The average Bonchev–Trinajstić information content (AvgIpc) is 3.01. The predicted octanol–water partition coefficient (Wildman–Crippen LogP) is -2.09. The fraction of sp³-hybridized carbons (Fsp3) is 0.583. The summed E-state index contributed by atoms with van der Waals surface area (Å²) in [6, 6.07) is 0. The molecule has 126 valence electrons. The molecule has 0 bridgehead atoms. The number of aliphatic hydroxyl groups is 3. The first-order chi connectivity index (χ1) is 10.9. The maximum atomic E-state index is 10.1. The second-order valence-electron chi connectivity index (χ2n) is 5.49. The van der Waals surface area contributed by atoms with Crippen LogP contribution >= 0.6 is 0 Å². The van der Waals surface area contributed by atoms with Crippen LogP contribution in [0.3, 0.4) is 0 Å². The van der Waals surface area contributed by atoms with E-state index >= 15 is 0 Å². The van der Waals surface area contributed by atoms with Gasteiger partial charge in [-0.1, -0.05) is 0 Å². The van der Waals surface area contributed by atoms with Gasteiger partial charge in [0.05, 0.1) is 12.9 Å². The van der Waals surface area contributed by atoms with Gasteiger partial charge < -0.3 is 31.2 Å². The molecule has 0 radical (unpaired) electrons. The molecule has 1 aliphatic heterocycles. The molecule has 11 nitrogen and oxygen atoms in total. The molecule has 4 atom stereocenters. The van der Waals surface area contributed by atoms with E-state index < -0.39 is 31.1 Å². The molecule has 23 heavy (non-hydrogen) atoms. The second-order valence-corrected chi connectivity index (χ2v) is 5.49. The molecular weight excluding hydrogens is 306 g/mol. The zero-order valence-corrected chi connectivity index (χ0v) is 12.7. The number of anilines is 2. The van der Waals surface area contributed by atoms with Crippen LogP contribution in [0.25, 0.3) is 11.2 Å². The van der Waals surface area contributed by atoms with E-state index in [9.17, 15) is 15.3 Å². The largest absolute Gasteiger partial charge is 0.394 e. The maximum Gasteiger partial charge on any atom is 0.224 e. The number of hydrazine groups is 1. The summed E-state index contributed by atoms with van der Waals surface area (Å²) in [5, 5.41) is 30.9. The first-order valence-electron chi connectivity index (χ1n) is 6.99. The quantitative estimate of drug-likeness (QED) is 0.395. The third kappa shape index (κ3) is 2.68. The highest BCUT2D eigenvalue weighted by Crippen LogP contribution is 2.32. The average molecular weight is 325 g/mol. The lowest BCUT2D eigenvalue weighted by molar-refractivity contribution is -0.0511. The molecular formula is C12H19N7O4. The van der Waals surface area contributed by atoms with Crippen molar-refractivity contribution < 1.29 is 20.1 Å². The number of hydrogen-bond acceptors (Lipinski definition) is 10. The Bertz CT molecular complexity index is 706. The molecule has 0 spiro atoms. The number of nitrogen functional groups attached to an aromatic ring is 1. The highest BCUT2D eigenvalue weighted by molar-refractivity contribution is 5.84. The van der Waals surface area contributed by atoms with E-state index in [2.05, 4.69) is 20.4 Å². The van der Waals surface area contributed by atoms with Gasteiger partial charge in [0, 0.05) is 14.1 Å². The minimum absolute atomic E-state index is 0.0235. The summed E-state index contributed by atoms with van der Waals surface area (Å²) < 4.78 is 6.95. The van der Waals surface area contributed by atoms with Crippen LogP contribution in [0.1, 0.15) is 6.23 Å². The van der Waals surface area contributed by atoms with Crippen LogP contribution in [0.4, 0.5) is 11.8 Å². The Morgan fingerprint density at radius 3 is 2.70 bits per heavy atom. The Morgan fingerprint density at radius 2 is 2.09 bits per heavy atom. The Kier molecular flexibility index (Phi) is 4.04. The molecule has 11 heteroatoms. The van der Waals surface area contributed by atoms with Crippen LogP contribution in [0.5, 0.6) is 0 Å². The van der Waals surface area contributed by atoms with Crippen LogP contribution in [0, 0.1) is 0 Å². The van der Waals surface area contributed by atoms with E-state index in [-0.39, 0.29) is 5.95 Å². The van der Waals surface area contributed by atoms with E-state index in [0.29, 0.717) is 17.0 Å². The number of hydrogen-bond donors (Lipinski definition) is 5. The number of aliphatic hydroxyl groups excluding tert-OH is 3. The number of aromatic nitrogens is 4. The van der Waals surface area contributed by atoms with Crippen molar-refractivity contribution in [2.45, 2.75) is 24.5 Å². The van der Waals surface area contributed by atoms with Gasteiger partial charge in [-0.3, -0.25) is 4.57 Å². The number of fused-ring (bicyclic) bond motifs is 1. The van der Waals surface area contributed by atoms with Gasteiger partial charge >= 0.3 is 0 Å². The SMILES string of the molecule is CN(C)Nc1nc(N)nc2c1ncn2[C@@H]1O[C@H](CO)[C@@H](O)[C@H]1O. The summed E-state index contributed by atoms with van der Waals surface area (Å²) in [5.74, 6) is 0.429. The van der Waals surface area contributed by atoms with Gasteiger partial charge in [0.1, 0.15) is 18.3 Å². The van der Waals surface area contributed by atoms with E-state index in [1.807, 2.05) is 0 Å². The van der Waals surface area contributed by atoms with Crippen molar-refractivity contribution in [3.63, 3.8) is 0 Å². The van der Waals surface area contributed by atoms with E-state index in [1.54, 1.807) is 19.1 Å². The second kappa shape index (κ2) is 5.86. The summed E-state index contributed by atoms with van der Waals surface area (Å²) in [5.41, 5.74) is 9.47. The summed E-state index contributed by atoms with van der Waals surface area (Å²) in [4.78, 5) is 12.4. The van der Waals surface area contributed by atoms with E-state index in [0.717, 1.165) is 0 Å². The van der Waals surface area contributed by atoms with Crippen molar-refractivity contribution in [2.75, 3.05) is 31.9 Å². The zero-order chi connectivity index (χ0) is 16.7. The van der Waals surface area contributed by atoms with Crippen LogP contribution in [-0.2, 0) is 4.74 Å². The van der Waals surface area contributed by atoms with E-state index in [1.165, 1.54) is 10.9 Å². The molecule has 0 amide bonds. The number of nitrogens with zero attached hydrogens (tertiary/aromatic N) is 5. The molecule has 1 aliphatic rings. The van der Waals surface area contributed by atoms with Gasteiger partial charge in [-0.25, -0.2) is 9.99 Å². The maximum absolute atomic E-state index is 10.1. The highest BCUT2D eigenvalue weighted by atomic mass is 16.6. The highest BCUT2D eigenvalue weighted by Gasteiger charge is 2.44. The molecule has 0 aliphatic carbocycles. The van der Waals surface area contributed by atoms with E-state index in [4.69, 9.17) is 10.5 Å². The van der Waals surface area contributed by atoms with Crippen molar-refractivity contribution in [1.29, 1.82) is 0 Å². The van der Waals surface area contributed by atoms with Crippen molar-refractivity contribution in [3.8, 4) is 0 Å². The topological polar surface area (TPSA) is 155 Å². The molecule has 3 rings (SSSR count). The number of nitrogens with one attached hydrogen (secondary N) is 1.